The van der Waals surface area contributed by atoms with Gasteiger partial charge in [0.15, 0.2) is 0 Å². The van der Waals surface area contributed by atoms with E-state index in [1.54, 1.807) is 4.68 Å². The summed E-state index contributed by atoms with van der Waals surface area (Å²) >= 11 is 0. The van der Waals surface area contributed by atoms with Gasteiger partial charge in [0, 0.05) is 19.8 Å². The summed E-state index contributed by atoms with van der Waals surface area (Å²) in [5.74, 6) is 0. The monoisotopic (exact) mass is 181 g/mol. The number of hydrogen-bond donors (Lipinski definition) is 2. The molecule has 72 valence electrons. The third-order valence-corrected chi connectivity index (χ3v) is 2.72. The van der Waals surface area contributed by atoms with Crippen LogP contribution in [0.5, 0.6) is 0 Å². The molecule has 0 aliphatic heterocycles. The number of hydrogen-bond acceptors (Lipinski definition) is 3. The number of fused-ring (bicyclic) bond motifs is 1. The molecule has 4 heteroatoms. The van der Waals surface area contributed by atoms with E-state index < -0.39 is 5.60 Å². The lowest BCUT2D eigenvalue weighted by atomic mass is 9.84. The van der Waals surface area contributed by atoms with Gasteiger partial charge in [-0.2, -0.15) is 5.10 Å². The fraction of sp³-hybridized carbons (Fsp3) is 0.667. The Hall–Kier alpha value is -0.870. The molecule has 0 radical (unpaired) electrons. The van der Waals surface area contributed by atoms with Crippen LogP contribution >= 0.6 is 0 Å². The molecule has 0 saturated carbocycles. The lowest BCUT2D eigenvalue weighted by Gasteiger charge is -2.29. The number of nitrogens with two attached hydrogens (primary N) is 1. The van der Waals surface area contributed by atoms with E-state index in [9.17, 15) is 5.11 Å². The van der Waals surface area contributed by atoms with Crippen LogP contribution in [0.4, 0.5) is 0 Å². The van der Waals surface area contributed by atoms with Crippen LogP contribution in [0, 0.1) is 0 Å². The minimum atomic E-state index is -0.880. The summed E-state index contributed by atoms with van der Waals surface area (Å²) in [5, 5.41) is 14.4. The Labute approximate surface area is 77.4 Å². The average Bonchev–Trinajstić information content (AvgIpc) is 2.48. The lowest BCUT2D eigenvalue weighted by molar-refractivity contribution is 0.0233. The van der Waals surface area contributed by atoms with Gasteiger partial charge in [0.1, 0.15) is 5.60 Å². The van der Waals surface area contributed by atoms with Gasteiger partial charge >= 0.3 is 0 Å². The van der Waals surface area contributed by atoms with E-state index in [0.29, 0.717) is 0 Å². The van der Waals surface area contributed by atoms with Gasteiger partial charge in [0.25, 0.3) is 0 Å². The van der Waals surface area contributed by atoms with Crippen LogP contribution in [0.25, 0.3) is 0 Å². The topological polar surface area (TPSA) is 64.1 Å². The smallest absolute Gasteiger partial charge is 0.121 e. The second-order valence-corrected chi connectivity index (χ2v) is 3.77. The predicted molar refractivity (Wildman–Crippen MR) is 49.1 cm³/mol. The first-order chi connectivity index (χ1) is 6.15. The van der Waals surface area contributed by atoms with E-state index in [1.807, 2.05) is 13.2 Å². The van der Waals surface area contributed by atoms with Crippen LogP contribution < -0.4 is 5.73 Å². The van der Waals surface area contributed by atoms with Crippen LogP contribution in [-0.2, 0) is 19.1 Å². The summed E-state index contributed by atoms with van der Waals surface area (Å²) < 4.78 is 1.75. The SMILES string of the molecule is Cn1cc2c(n1)C(O)(CN)CCC2. The third kappa shape index (κ3) is 1.26. The molecule has 0 aromatic carbocycles. The molecule has 3 N–H and O–H groups in total. The minimum Gasteiger partial charge on any atom is -0.382 e. The molecule has 1 heterocycles. The van der Waals surface area contributed by atoms with Crippen molar-refractivity contribution in [2.75, 3.05) is 6.54 Å². The van der Waals surface area contributed by atoms with Gasteiger partial charge in [-0.05, 0) is 24.8 Å². The molecule has 0 saturated heterocycles. The fourth-order valence-corrected chi connectivity index (χ4v) is 2.00. The standard InChI is InChI=1S/C9H15N3O/c1-12-5-7-3-2-4-9(13,6-10)8(7)11-12/h5,13H,2-4,6,10H2,1H3. The first kappa shape index (κ1) is 8.72. The maximum absolute atomic E-state index is 10.1. The van der Waals surface area contributed by atoms with Gasteiger partial charge in [0.05, 0.1) is 5.69 Å². The fourth-order valence-electron chi connectivity index (χ4n) is 2.00. The van der Waals surface area contributed by atoms with Gasteiger partial charge in [0.2, 0.25) is 0 Å². The average molecular weight is 181 g/mol. The molecular formula is C9H15N3O. The van der Waals surface area contributed by atoms with E-state index in [0.717, 1.165) is 30.5 Å². The van der Waals surface area contributed by atoms with Crippen molar-refractivity contribution in [1.82, 2.24) is 9.78 Å². The van der Waals surface area contributed by atoms with Gasteiger partial charge in [-0.3, -0.25) is 4.68 Å². The Kier molecular flexibility index (Phi) is 1.89. The highest BCUT2D eigenvalue weighted by molar-refractivity contribution is 5.26. The van der Waals surface area contributed by atoms with Crippen LogP contribution in [0.2, 0.25) is 0 Å². The number of aryl methyl sites for hydroxylation is 2. The Morgan fingerprint density at radius 3 is 3.23 bits per heavy atom. The van der Waals surface area contributed by atoms with Crippen molar-refractivity contribution in [3.05, 3.63) is 17.5 Å². The molecule has 2 rings (SSSR count). The molecule has 4 nitrogen and oxygen atoms in total. The Bertz CT molecular complexity index is 321. The number of rotatable bonds is 1. The molecule has 0 spiro atoms. The van der Waals surface area contributed by atoms with Crippen molar-refractivity contribution in [3.63, 3.8) is 0 Å². The Morgan fingerprint density at radius 1 is 1.77 bits per heavy atom. The van der Waals surface area contributed by atoms with Crippen LogP contribution in [0.3, 0.4) is 0 Å². The summed E-state index contributed by atoms with van der Waals surface area (Å²) in [5.41, 5.74) is 6.60. The van der Waals surface area contributed by atoms with Crippen molar-refractivity contribution in [1.29, 1.82) is 0 Å². The zero-order valence-electron chi connectivity index (χ0n) is 7.82. The van der Waals surface area contributed by atoms with Crippen LogP contribution in [0.15, 0.2) is 6.20 Å². The van der Waals surface area contributed by atoms with Crippen molar-refractivity contribution >= 4 is 0 Å². The van der Waals surface area contributed by atoms with Crippen LogP contribution in [0.1, 0.15) is 24.1 Å². The molecule has 0 amide bonds. The predicted octanol–water partition coefficient (Wildman–Crippen LogP) is -0.0973. The molecule has 1 aromatic rings. The third-order valence-electron chi connectivity index (χ3n) is 2.72. The quantitative estimate of drug-likeness (QED) is 0.636. The highest BCUT2D eigenvalue weighted by atomic mass is 16.3. The molecule has 13 heavy (non-hydrogen) atoms. The van der Waals surface area contributed by atoms with Crippen molar-refractivity contribution in [2.24, 2.45) is 12.8 Å². The van der Waals surface area contributed by atoms with Gasteiger partial charge in [-0.15, -0.1) is 0 Å². The van der Waals surface area contributed by atoms with E-state index in [-0.39, 0.29) is 6.54 Å². The minimum absolute atomic E-state index is 0.261. The summed E-state index contributed by atoms with van der Waals surface area (Å²) in [6, 6.07) is 0. The second-order valence-electron chi connectivity index (χ2n) is 3.77. The number of aliphatic hydroxyl groups is 1. The molecular weight excluding hydrogens is 166 g/mol. The van der Waals surface area contributed by atoms with E-state index in [2.05, 4.69) is 5.10 Å². The maximum Gasteiger partial charge on any atom is 0.121 e. The second kappa shape index (κ2) is 2.82. The molecule has 1 atom stereocenters. The molecule has 0 fully saturated rings. The summed E-state index contributed by atoms with van der Waals surface area (Å²) in [6.07, 6.45) is 4.69. The van der Waals surface area contributed by atoms with E-state index in [4.69, 9.17) is 5.73 Å². The number of nitrogens with zero attached hydrogens (tertiary/aromatic N) is 2. The van der Waals surface area contributed by atoms with Crippen molar-refractivity contribution in [2.45, 2.75) is 24.9 Å². The zero-order chi connectivity index (χ0) is 9.47. The number of aromatic nitrogens is 2. The summed E-state index contributed by atoms with van der Waals surface area (Å²) in [7, 11) is 1.87. The van der Waals surface area contributed by atoms with Gasteiger partial charge in [-0.1, -0.05) is 0 Å². The molecule has 1 unspecified atom stereocenters. The highest BCUT2D eigenvalue weighted by Gasteiger charge is 2.35. The molecule has 0 bridgehead atoms. The maximum atomic E-state index is 10.1. The normalized spacial score (nSPS) is 27.3. The first-order valence-corrected chi connectivity index (χ1v) is 4.61. The highest BCUT2D eigenvalue weighted by Crippen LogP contribution is 2.32. The van der Waals surface area contributed by atoms with Gasteiger partial charge < -0.3 is 10.8 Å². The van der Waals surface area contributed by atoms with E-state index in [1.165, 1.54) is 0 Å². The molecule has 1 aliphatic rings. The lowest BCUT2D eigenvalue weighted by Crippen LogP contribution is -2.38. The van der Waals surface area contributed by atoms with Gasteiger partial charge in [-0.25, -0.2) is 0 Å². The van der Waals surface area contributed by atoms with E-state index >= 15 is 0 Å². The van der Waals surface area contributed by atoms with Crippen molar-refractivity contribution < 1.29 is 5.11 Å². The first-order valence-electron chi connectivity index (χ1n) is 4.61. The molecule has 1 aliphatic carbocycles. The Balaban J connectivity index is 2.47. The summed E-state index contributed by atoms with van der Waals surface area (Å²) in [4.78, 5) is 0. The summed E-state index contributed by atoms with van der Waals surface area (Å²) in [6.45, 7) is 0.261. The van der Waals surface area contributed by atoms with Crippen molar-refractivity contribution in [3.8, 4) is 0 Å². The Morgan fingerprint density at radius 2 is 2.54 bits per heavy atom. The largest absolute Gasteiger partial charge is 0.382 e. The molecule has 1 aromatic heterocycles. The van der Waals surface area contributed by atoms with Crippen LogP contribution in [-0.4, -0.2) is 21.4 Å². The zero-order valence-corrected chi connectivity index (χ0v) is 7.82.